The Balaban J connectivity index is -0.000000404. The highest BCUT2D eigenvalue weighted by Gasteiger charge is 2.05. The molecule has 7 heteroatoms. The van der Waals surface area contributed by atoms with Crippen LogP contribution in [0.25, 0.3) is 0 Å². The molecule has 0 aromatic carbocycles. The molecule has 0 saturated carbocycles. The molecule has 2 aromatic rings. The quantitative estimate of drug-likeness (QED) is 0.421. The van der Waals surface area contributed by atoms with Gasteiger partial charge in [-0.25, -0.2) is 9.59 Å². The minimum Gasteiger partial charge on any atom is -0.478 e. The third-order valence-corrected chi connectivity index (χ3v) is 3.11. The van der Waals surface area contributed by atoms with Gasteiger partial charge in [-0.2, -0.15) is 0 Å². The first-order valence-corrected chi connectivity index (χ1v) is 9.88. The number of aliphatic hydroxyl groups excluding tert-OH is 1. The second-order valence-electron chi connectivity index (χ2n) is 6.06. The van der Waals surface area contributed by atoms with Gasteiger partial charge in [0, 0.05) is 37.8 Å². The number of aromatic nitrogens is 2. The highest BCUT2D eigenvalue weighted by atomic mass is 16.5. The van der Waals surface area contributed by atoms with Crippen molar-refractivity contribution in [2.24, 2.45) is 0 Å². The summed E-state index contributed by atoms with van der Waals surface area (Å²) in [5.41, 5.74) is 2.74. The number of aliphatic hydroxyl groups is 1. The Bertz CT molecular complexity index is 762. The molecule has 32 heavy (non-hydrogen) atoms. The van der Waals surface area contributed by atoms with Gasteiger partial charge in [-0.05, 0) is 44.5 Å². The van der Waals surface area contributed by atoms with E-state index in [4.69, 9.17) is 14.9 Å². The number of ether oxygens (including phenoxy) is 1. The number of pyridine rings is 2. The van der Waals surface area contributed by atoms with E-state index >= 15 is 0 Å². The van der Waals surface area contributed by atoms with E-state index in [1.54, 1.807) is 24.4 Å². The van der Waals surface area contributed by atoms with E-state index in [-0.39, 0.29) is 25.6 Å². The van der Waals surface area contributed by atoms with Crippen molar-refractivity contribution in [2.45, 2.75) is 48.0 Å². The first-order chi connectivity index (χ1) is 14.8. The molecule has 0 radical (unpaired) electrons. The number of carbonyl (C=O) groups excluding carboxylic acids is 1. The number of nitrogens with zero attached hydrogens (tertiary/aromatic N) is 2. The topological polar surface area (TPSA) is 110 Å². The molecule has 0 aliphatic rings. The van der Waals surface area contributed by atoms with E-state index < -0.39 is 5.97 Å². The van der Waals surface area contributed by atoms with Gasteiger partial charge >= 0.3 is 11.9 Å². The van der Waals surface area contributed by atoms with Gasteiger partial charge < -0.3 is 14.9 Å². The number of hydrogen-bond acceptors (Lipinski definition) is 6. The summed E-state index contributed by atoms with van der Waals surface area (Å²) in [6.07, 6.45) is 7.38. The molecule has 0 bridgehead atoms. The molecular formula is C25H38N2O5. The van der Waals surface area contributed by atoms with Gasteiger partial charge in [0.25, 0.3) is 0 Å². The summed E-state index contributed by atoms with van der Waals surface area (Å²) >= 11 is 0. The Morgan fingerprint density at radius 1 is 0.938 bits per heavy atom. The van der Waals surface area contributed by atoms with Crippen LogP contribution in [0.3, 0.4) is 0 Å². The van der Waals surface area contributed by atoms with E-state index in [0.29, 0.717) is 18.6 Å². The highest BCUT2D eigenvalue weighted by molar-refractivity contribution is 5.88. The van der Waals surface area contributed by atoms with Crippen LogP contribution in [0.2, 0.25) is 0 Å². The van der Waals surface area contributed by atoms with Gasteiger partial charge in [-0.15, -0.1) is 13.2 Å². The normalized spacial score (nSPS) is 8.41. The molecule has 0 saturated heterocycles. The van der Waals surface area contributed by atoms with Crippen LogP contribution in [0.15, 0.2) is 73.4 Å². The van der Waals surface area contributed by atoms with E-state index in [1.807, 2.05) is 27.7 Å². The van der Waals surface area contributed by atoms with Crippen molar-refractivity contribution in [3.05, 3.63) is 84.5 Å². The summed E-state index contributed by atoms with van der Waals surface area (Å²) in [6.45, 7) is 15.7. The molecule has 2 aromatic heterocycles. The Morgan fingerprint density at radius 2 is 1.41 bits per heavy atom. The minimum absolute atomic E-state index is 0. The fraction of sp³-hybridized carbons (Fsp3) is 0.360. The summed E-state index contributed by atoms with van der Waals surface area (Å²) in [5.74, 6) is -1.28. The van der Waals surface area contributed by atoms with Crippen LogP contribution < -0.4 is 0 Å². The first kappa shape index (κ1) is 33.3. The van der Waals surface area contributed by atoms with Crippen molar-refractivity contribution in [3.63, 3.8) is 0 Å². The third-order valence-electron chi connectivity index (χ3n) is 3.11. The zero-order chi connectivity index (χ0) is 24.1. The van der Waals surface area contributed by atoms with Crippen LogP contribution >= 0.6 is 0 Å². The maximum absolute atomic E-state index is 11.3. The Morgan fingerprint density at radius 3 is 1.69 bits per heavy atom. The average Bonchev–Trinajstić information content (AvgIpc) is 2.77. The lowest BCUT2D eigenvalue weighted by Crippen LogP contribution is -2.06. The maximum Gasteiger partial charge on any atom is 0.339 e. The van der Waals surface area contributed by atoms with Gasteiger partial charge in [0.15, 0.2) is 0 Å². The SMILES string of the molecule is C.C=C(C)CCO.C=C(C)CCOC(=O)c1cccnc1.CC.O=C(O)c1cccnc1. The largest absolute Gasteiger partial charge is 0.478 e. The van der Waals surface area contributed by atoms with Crippen molar-refractivity contribution in [2.75, 3.05) is 13.2 Å². The number of carboxylic acid groups (broad SMARTS) is 1. The standard InChI is InChI=1S/C11H13NO2.C6H5NO2.C5H10O.C2H6.CH4/c1-9(2)5-7-14-11(13)10-4-3-6-12-8-10;8-6(9)5-2-1-3-7-4-5;1-5(2)3-4-6;1-2;/h3-4,6,8H,1,5,7H2,2H3;1-4H,(H,8,9);6H,1,3-4H2,2H3;1-2H3;1H4. The molecule has 0 fully saturated rings. The molecule has 2 heterocycles. The van der Waals surface area contributed by atoms with Crippen LogP contribution in [-0.4, -0.2) is 45.3 Å². The fourth-order valence-electron chi connectivity index (χ4n) is 1.56. The van der Waals surface area contributed by atoms with Crippen LogP contribution in [0.4, 0.5) is 0 Å². The van der Waals surface area contributed by atoms with Crippen LogP contribution in [-0.2, 0) is 4.74 Å². The molecule has 0 aliphatic carbocycles. The van der Waals surface area contributed by atoms with E-state index in [2.05, 4.69) is 23.1 Å². The Labute approximate surface area is 192 Å². The third kappa shape index (κ3) is 20.0. The summed E-state index contributed by atoms with van der Waals surface area (Å²) in [5, 5.41) is 16.5. The molecule has 7 nitrogen and oxygen atoms in total. The zero-order valence-corrected chi connectivity index (χ0v) is 18.9. The van der Waals surface area contributed by atoms with Crippen LogP contribution in [0.5, 0.6) is 0 Å². The van der Waals surface area contributed by atoms with Crippen LogP contribution in [0, 0.1) is 0 Å². The second kappa shape index (κ2) is 22.4. The van der Waals surface area contributed by atoms with E-state index in [0.717, 1.165) is 17.6 Å². The van der Waals surface area contributed by atoms with E-state index in [1.165, 1.54) is 24.7 Å². The molecule has 0 atom stereocenters. The number of rotatable bonds is 7. The monoisotopic (exact) mass is 446 g/mol. The molecule has 0 spiro atoms. The number of carboxylic acids is 1. The Hall–Kier alpha value is -3.32. The Kier molecular flexibility index (Phi) is 23.3. The molecule has 178 valence electrons. The predicted octanol–water partition coefficient (Wildman–Crippen LogP) is 5.59. The smallest absolute Gasteiger partial charge is 0.339 e. The van der Waals surface area contributed by atoms with Crippen molar-refractivity contribution >= 4 is 11.9 Å². The summed E-state index contributed by atoms with van der Waals surface area (Å²) in [7, 11) is 0. The molecular weight excluding hydrogens is 408 g/mol. The maximum atomic E-state index is 11.3. The highest BCUT2D eigenvalue weighted by Crippen LogP contribution is 2.01. The second-order valence-corrected chi connectivity index (χ2v) is 6.06. The molecule has 0 amide bonds. The van der Waals surface area contributed by atoms with Crippen molar-refractivity contribution in [1.29, 1.82) is 0 Å². The molecule has 0 aliphatic heterocycles. The number of aromatic carboxylic acids is 1. The lowest BCUT2D eigenvalue weighted by Gasteiger charge is -2.03. The number of esters is 1. The van der Waals surface area contributed by atoms with Gasteiger partial charge in [0.2, 0.25) is 0 Å². The lowest BCUT2D eigenvalue weighted by atomic mass is 10.2. The average molecular weight is 447 g/mol. The van der Waals surface area contributed by atoms with Gasteiger partial charge in [0.05, 0.1) is 17.7 Å². The van der Waals surface area contributed by atoms with Crippen molar-refractivity contribution in [3.8, 4) is 0 Å². The lowest BCUT2D eigenvalue weighted by molar-refractivity contribution is 0.0508. The summed E-state index contributed by atoms with van der Waals surface area (Å²) < 4.78 is 5.00. The first-order valence-electron chi connectivity index (χ1n) is 9.88. The number of hydrogen-bond donors (Lipinski definition) is 2. The van der Waals surface area contributed by atoms with Gasteiger partial charge in [-0.3, -0.25) is 9.97 Å². The van der Waals surface area contributed by atoms with Gasteiger partial charge in [-0.1, -0.05) is 32.4 Å². The fourth-order valence-corrected chi connectivity index (χ4v) is 1.56. The van der Waals surface area contributed by atoms with Gasteiger partial charge in [0.1, 0.15) is 0 Å². The summed E-state index contributed by atoms with van der Waals surface area (Å²) in [6, 6.07) is 6.46. The van der Waals surface area contributed by atoms with Crippen molar-refractivity contribution < 1.29 is 24.5 Å². The number of carbonyl (C=O) groups is 2. The van der Waals surface area contributed by atoms with Crippen LogP contribution in [0.1, 0.15) is 68.7 Å². The summed E-state index contributed by atoms with van der Waals surface area (Å²) in [4.78, 5) is 29.0. The minimum atomic E-state index is -0.942. The van der Waals surface area contributed by atoms with E-state index in [9.17, 15) is 9.59 Å². The zero-order valence-electron chi connectivity index (χ0n) is 18.9. The predicted molar refractivity (Wildman–Crippen MR) is 130 cm³/mol. The van der Waals surface area contributed by atoms with Crippen molar-refractivity contribution in [1.82, 2.24) is 9.97 Å². The molecule has 2 rings (SSSR count). The molecule has 2 N–H and O–H groups in total. The molecule has 0 unspecified atom stereocenters.